The lowest BCUT2D eigenvalue weighted by atomic mass is 9.86. The first-order valence-corrected chi connectivity index (χ1v) is 5.97. The standard InChI is InChI=1S/C16H17FO/c1-16(2,3)13-7-4-11(5-8-13)12-6-9-14(17)15(18)10-12/h4-10,18H,1-3H3. The predicted molar refractivity (Wildman–Crippen MR) is 72.2 cm³/mol. The molecule has 0 bridgehead atoms. The minimum Gasteiger partial charge on any atom is -0.505 e. The Morgan fingerprint density at radius 2 is 1.44 bits per heavy atom. The van der Waals surface area contributed by atoms with E-state index in [1.165, 1.54) is 17.7 Å². The summed E-state index contributed by atoms with van der Waals surface area (Å²) in [7, 11) is 0. The largest absolute Gasteiger partial charge is 0.505 e. The van der Waals surface area contributed by atoms with Gasteiger partial charge in [0.1, 0.15) is 0 Å². The Hall–Kier alpha value is -1.83. The molecule has 2 aromatic carbocycles. The van der Waals surface area contributed by atoms with Crippen molar-refractivity contribution in [2.24, 2.45) is 0 Å². The predicted octanol–water partition coefficient (Wildman–Crippen LogP) is 4.50. The van der Waals surface area contributed by atoms with E-state index in [1.54, 1.807) is 6.07 Å². The Kier molecular flexibility index (Phi) is 3.12. The zero-order chi connectivity index (χ0) is 13.3. The van der Waals surface area contributed by atoms with E-state index in [4.69, 9.17) is 0 Å². The molecule has 18 heavy (non-hydrogen) atoms. The van der Waals surface area contributed by atoms with Gasteiger partial charge >= 0.3 is 0 Å². The molecule has 0 atom stereocenters. The summed E-state index contributed by atoms with van der Waals surface area (Å²) in [6, 6.07) is 12.5. The molecule has 2 aromatic rings. The molecule has 0 saturated carbocycles. The van der Waals surface area contributed by atoms with Crippen LogP contribution in [0.4, 0.5) is 4.39 Å². The van der Waals surface area contributed by atoms with Crippen LogP contribution in [0.1, 0.15) is 26.3 Å². The van der Waals surface area contributed by atoms with Gasteiger partial charge in [0, 0.05) is 0 Å². The molecular weight excluding hydrogens is 227 g/mol. The molecule has 0 heterocycles. The number of rotatable bonds is 1. The molecule has 0 spiro atoms. The summed E-state index contributed by atoms with van der Waals surface area (Å²) in [5.74, 6) is -0.905. The van der Waals surface area contributed by atoms with Crippen molar-refractivity contribution in [3.05, 3.63) is 53.8 Å². The van der Waals surface area contributed by atoms with Crippen LogP contribution in [0, 0.1) is 5.82 Å². The lowest BCUT2D eigenvalue weighted by Gasteiger charge is -2.19. The Balaban J connectivity index is 2.37. The number of halogens is 1. The van der Waals surface area contributed by atoms with Gasteiger partial charge in [0.25, 0.3) is 0 Å². The molecule has 0 aliphatic carbocycles. The molecule has 0 aromatic heterocycles. The van der Waals surface area contributed by atoms with Crippen LogP contribution in [0.15, 0.2) is 42.5 Å². The van der Waals surface area contributed by atoms with Crippen LogP contribution in [-0.4, -0.2) is 5.11 Å². The van der Waals surface area contributed by atoms with Crippen LogP contribution < -0.4 is 0 Å². The van der Waals surface area contributed by atoms with Crippen molar-refractivity contribution in [1.82, 2.24) is 0 Å². The average molecular weight is 244 g/mol. The van der Waals surface area contributed by atoms with Gasteiger partial charge in [0.15, 0.2) is 11.6 Å². The van der Waals surface area contributed by atoms with Gasteiger partial charge in [-0.25, -0.2) is 4.39 Å². The summed E-state index contributed by atoms with van der Waals surface area (Å²) in [4.78, 5) is 0. The number of phenolic OH excluding ortho intramolecular Hbond substituents is 1. The fourth-order valence-electron chi connectivity index (χ4n) is 1.85. The maximum Gasteiger partial charge on any atom is 0.164 e. The summed E-state index contributed by atoms with van der Waals surface area (Å²) < 4.78 is 13.0. The summed E-state index contributed by atoms with van der Waals surface area (Å²) in [6.45, 7) is 6.48. The Morgan fingerprint density at radius 3 is 1.94 bits per heavy atom. The SMILES string of the molecule is CC(C)(C)c1ccc(-c2ccc(F)c(O)c2)cc1. The fourth-order valence-corrected chi connectivity index (χ4v) is 1.85. The molecule has 0 fully saturated rings. The third kappa shape index (κ3) is 2.53. The van der Waals surface area contributed by atoms with Crippen molar-refractivity contribution in [2.75, 3.05) is 0 Å². The van der Waals surface area contributed by atoms with Crippen LogP contribution >= 0.6 is 0 Å². The maximum absolute atomic E-state index is 13.0. The first-order valence-electron chi connectivity index (χ1n) is 5.97. The summed E-state index contributed by atoms with van der Waals surface area (Å²) in [5, 5.41) is 9.37. The van der Waals surface area contributed by atoms with Crippen molar-refractivity contribution in [1.29, 1.82) is 0 Å². The van der Waals surface area contributed by atoms with Crippen LogP contribution in [0.2, 0.25) is 0 Å². The summed E-state index contributed by atoms with van der Waals surface area (Å²) >= 11 is 0. The lowest BCUT2D eigenvalue weighted by molar-refractivity contribution is 0.433. The molecular formula is C16H17FO. The molecule has 0 saturated heterocycles. The van der Waals surface area contributed by atoms with Crippen molar-refractivity contribution in [3.8, 4) is 16.9 Å². The van der Waals surface area contributed by atoms with E-state index in [1.807, 2.05) is 12.1 Å². The maximum atomic E-state index is 13.0. The summed E-state index contributed by atoms with van der Waals surface area (Å²) in [5.41, 5.74) is 3.15. The second kappa shape index (κ2) is 4.45. The molecule has 2 rings (SSSR count). The molecule has 94 valence electrons. The Labute approximate surface area is 107 Å². The fraction of sp³-hybridized carbons (Fsp3) is 0.250. The topological polar surface area (TPSA) is 20.2 Å². The minimum absolute atomic E-state index is 0.115. The van der Waals surface area contributed by atoms with Crippen molar-refractivity contribution in [2.45, 2.75) is 26.2 Å². The van der Waals surface area contributed by atoms with Gasteiger partial charge in [-0.1, -0.05) is 51.1 Å². The van der Waals surface area contributed by atoms with E-state index < -0.39 is 5.82 Å². The smallest absolute Gasteiger partial charge is 0.164 e. The molecule has 2 heteroatoms. The minimum atomic E-state index is -0.593. The van der Waals surface area contributed by atoms with E-state index in [2.05, 4.69) is 32.9 Å². The van der Waals surface area contributed by atoms with E-state index in [-0.39, 0.29) is 11.2 Å². The second-order valence-electron chi connectivity index (χ2n) is 5.49. The van der Waals surface area contributed by atoms with Gasteiger partial charge in [0.05, 0.1) is 0 Å². The molecule has 0 radical (unpaired) electrons. The molecule has 0 aliphatic rings. The van der Waals surface area contributed by atoms with Crippen molar-refractivity contribution < 1.29 is 9.50 Å². The molecule has 0 amide bonds. The number of phenols is 1. The summed E-state index contributed by atoms with van der Waals surface area (Å²) in [6.07, 6.45) is 0. The first-order chi connectivity index (χ1) is 8.38. The highest BCUT2D eigenvalue weighted by atomic mass is 19.1. The Morgan fingerprint density at radius 1 is 0.889 bits per heavy atom. The van der Waals surface area contributed by atoms with E-state index in [9.17, 15) is 9.50 Å². The number of benzene rings is 2. The normalized spacial score (nSPS) is 11.6. The highest BCUT2D eigenvalue weighted by molar-refractivity contribution is 5.65. The second-order valence-corrected chi connectivity index (χ2v) is 5.49. The lowest BCUT2D eigenvalue weighted by Crippen LogP contribution is -2.10. The monoisotopic (exact) mass is 244 g/mol. The Bertz CT molecular complexity index is 550. The van der Waals surface area contributed by atoms with E-state index >= 15 is 0 Å². The van der Waals surface area contributed by atoms with Gasteiger partial charge in [-0.2, -0.15) is 0 Å². The van der Waals surface area contributed by atoms with E-state index in [0.717, 1.165) is 11.1 Å². The number of hydrogen-bond donors (Lipinski definition) is 1. The zero-order valence-corrected chi connectivity index (χ0v) is 10.9. The van der Waals surface area contributed by atoms with Crippen LogP contribution in [0.25, 0.3) is 11.1 Å². The molecule has 0 aliphatic heterocycles. The zero-order valence-electron chi connectivity index (χ0n) is 10.9. The highest BCUT2D eigenvalue weighted by Gasteiger charge is 2.13. The van der Waals surface area contributed by atoms with Crippen LogP contribution in [0.3, 0.4) is 0 Å². The third-order valence-electron chi connectivity index (χ3n) is 3.03. The third-order valence-corrected chi connectivity index (χ3v) is 3.03. The van der Waals surface area contributed by atoms with Gasteiger partial charge in [-0.15, -0.1) is 0 Å². The van der Waals surface area contributed by atoms with Gasteiger partial charge < -0.3 is 5.11 Å². The van der Waals surface area contributed by atoms with Gasteiger partial charge in [0.2, 0.25) is 0 Å². The highest BCUT2D eigenvalue weighted by Crippen LogP contribution is 2.28. The molecule has 1 nitrogen and oxygen atoms in total. The van der Waals surface area contributed by atoms with Crippen molar-refractivity contribution >= 4 is 0 Å². The van der Waals surface area contributed by atoms with Crippen LogP contribution in [0.5, 0.6) is 5.75 Å². The van der Waals surface area contributed by atoms with Gasteiger partial charge in [-0.05, 0) is 34.2 Å². The quantitative estimate of drug-likeness (QED) is 0.783. The first kappa shape index (κ1) is 12.6. The molecule has 1 N–H and O–H groups in total. The van der Waals surface area contributed by atoms with Crippen molar-refractivity contribution in [3.63, 3.8) is 0 Å². The number of aromatic hydroxyl groups is 1. The molecule has 0 unspecified atom stereocenters. The van der Waals surface area contributed by atoms with Crippen LogP contribution in [-0.2, 0) is 5.41 Å². The number of hydrogen-bond acceptors (Lipinski definition) is 1. The van der Waals surface area contributed by atoms with E-state index in [0.29, 0.717) is 0 Å². The average Bonchev–Trinajstić information content (AvgIpc) is 2.32. The van der Waals surface area contributed by atoms with Gasteiger partial charge in [-0.3, -0.25) is 0 Å².